The number of nitrogens with zero attached hydrogens (tertiary/aromatic N) is 1. The molecule has 9 heteroatoms. The second-order valence-corrected chi connectivity index (χ2v) is 6.73. The highest BCUT2D eigenvalue weighted by molar-refractivity contribution is 6.16. The van der Waals surface area contributed by atoms with Gasteiger partial charge in [-0.1, -0.05) is 36.4 Å². The number of hydrogen-bond donors (Lipinski definition) is 4. The van der Waals surface area contributed by atoms with Crippen LogP contribution in [-0.4, -0.2) is 34.8 Å². The molecule has 4 aromatic rings. The molecule has 1 heterocycles. The summed E-state index contributed by atoms with van der Waals surface area (Å²) < 4.78 is 4.99. The molecule has 0 saturated heterocycles. The van der Waals surface area contributed by atoms with Crippen LogP contribution in [-0.2, 0) is 0 Å². The Morgan fingerprint density at radius 1 is 0.906 bits per heavy atom. The normalized spacial score (nSPS) is 10.4. The largest absolute Gasteiger partial charge is 0.414 e. The number of H-pyrrole nitrogens is 1. The first-order valence-corrected chi connectivity index (χ1v) is 9.69. The number of hydrazine groups is 1. The number of imidazole rings is 1. The number of fused-ring (bicyclic) bond motifs is 1. The molecule has 0 atom stereocenters. The van der Waals surface area contributed by atoms with E-state index in [1.165, 1.54) is 7.05 Å². The molecule has 4 N–H and O–H groups in total. The SMILES string of the molecule is CNC(=O)Oc1nc2ccc(C(=O)c3ccccc3C(=O)NNc3ccccc3)cc2[nH]1. The molecule has 0 radical (unpaired) electrons. The molecule has 0 spiro atoms. The Hall–Kier alpha value is -4.66. The van der Waals surface area contributed by atoms with Gasteiger partial charge in [-0.25, -0.2) is 4.79 Å². The van der Waals surface area contributed by atoms with E-state index in [1.54, 1.807) is 54.6 Å². The van der Waals surface area contributed by atoms with E-state index >= 15 is 0 Å². The molecule has 32 heavy (non-hydrogen) atoms. The van der Waals surface area contributed by atoms with Gasteiger partial charge >= 0.3 is 12.1 Å². The minimum atomic E-state index is -0.663. The number of amides is 2. The van der Waals surface area contributed by atoms with Gasteiger partial charge in [-0.2, -0.15) is 4.98 Å². The van der Waals surface area contributed by atoms with Crippen molar-refractivity contribution in [3.63, 3.8) is 0 Å². The van der Waals surface area contributed by atoms with Crippen molar-refractivity contribution in [3.8, 4) is 6.01 Å². The van der Waals surface area contributed by atoms with Gasteiger partial charge in [-0.15, -0.1) is 0 Å². The molecule has 9 nitrogen and oxygen atoms in total. The summed E-state index contributed by atoms with van der Waals surface area (Å²) in [5, 5.41) is 2.33. The number of para-hydroxylation sites is 1. The number of ketones is 1. The molecule has 0 bridgehead atoms. The molecule has 0 aliphatic carbocycles. The van der Waals surface area contributed by atoms with Crippen LogP contribution in [0.2, 0.25) is 0 Å². The Kier molecular flexibility index (Phi) is 5.80. The fraction of sp³-hybridized carbons (Fsp3) is 0.0435. The lowest BCUT2D eigenvalue weighted by Crippen LogP contribution is -2.30. The lowest BCUT2D eigenvalue weighted by atomic mass is 9.97. The van der Waals surface area contributed by atoms with Crippen LogP contribution in [0.4, 0.5) is 10.5 Å². The summed E-state index contributed by atoms with van der Waals surface area (Å²) in [7, 11) is 1.44. The Labute approximate surface area is 182 Å². The smallest absolute Gasteiger partial charge is 0.375 e. The third-order valence-corrected chi connectivity index (χ3v) is 4.63. The minimum Gasteiger partial charge on any atom is -0.375 e. The number of rotatable bonds is 6. The van der Waals surface area contributed by atoms with Crippen molar-refractivity contribution >= 4 is 34.5 Å². The number of ether oxygens (including phenoxy) is 1. The van der Waals surface area contributed by atoms with Crippen molar-refractivity contribution in [1.29, 1.82) is 0 Å². The van der Waals surface area contributed by atoms with Crippen LogP contribution in [0.25, 0.3) is 11.0 Å². The highest BCUT2D eigenvalue weighted by Crippen LogP contribution is 2.21. The molecular weight excluding hydrogens is 410 g/mol. The summed E-state index contributed by atoms with van der Waals surface area (Å²) in [6.07, 6.45) is -0.663. The fourth-order valence-electron chi connectivity index (χ4n) is 3.07. The average molecular weight is 429 g/mol. The number of carbonyl (C=O) groups is 3. The maximum atomic E-state index is 13.2. The molecular formula is C23H19N5O4. The average Bonchev–Trinajstić information content (AvgIpc) is 3.24. The van der Waals surface area contributed by atoms with E-state index in [1.807, 2.05) is 18.2 Å². The van der Waals surface area contributed by atoms with E-state index in [4.69, 9.17) is 4.74 Å². The molecule has 0 fully saturated rings. The molecule has 0 aliphatic heterocycles. The molecule has 160 valence electrons. The van der Waals surface area contributed by atoms with Crippen molar-refractivity contribution in [2.24, 2.45) is 0 Å². The first-order chi connectivity index (χ1) is 15.5. The number of nitrogens with one attached hydrogen (secondary N) is 4. The van der Waals surface area contributed by atoms with E-state index in [2.05, 4.69) is 26.1 Å². The van der Waals surface area contributed by atoms with Gasteiger partial charge in [0.2, 0.25) is 0 Å². The number of benzene rings is 3. The summed E-state index contributed by atoms with van der Waals surface area (Å²) >= 11 is 0. The molecule has 0 saturated carbocycles. The van der Waals surface area contributed by atoms with Crippen LogP contribution in [0.3, 0.4) is 0 Å². The van der Waals surface area contributed by atoms with Gasteiger partial charge in [0.25, 0.3) is 5.91 Å². The van der Waals surface area contributed by atoms with E-state index in [0.29, 0.717) is 22.3 Å². The Balaban J connectivity index is 1.57. The lowest BCUT2D eigenvalue weighted by molar-refractivity contribution is 0.0950. The van der Waals surface area contributed by atoms with E-state index < -0.39 is 12.0 Å². The fourth-order valence-corrected chi connectivity index (χ4v) is 3.07. The van der Waals surface area contributed by atoms with Crippen molar-refractivity contribution in [3.05, 3.63) is 89.5 Å². The molecule has 2 amide bonds. The summed E-state index contributed by atoms with van der Waals surface area (Å²) in [5.41, 5.74) is 8.02. The molecule has 1 aromatic heterocycles. The number of aromatic amines is 1. The van der Waals surface area contributed by atoms with Crippen LogP contribution in [0.1, 0.15) is 26.3 Å². The standard InChI is InChI=1S/C23H19N5O4/c1-24-23(31)32-22-25-18-12-11-14(13-19(18)26-22)20(29)16-9-5-6-10-17(16)21(30)28-27-15-7-3-2-4-8-15/h2-13,27H,1H3,(H,24,31)(H,25,26)(H,28,30). The van der Waals surface area contributed by atoms with Gasteiger partial charge in [0.1, 0.15) is 0 Å². The van der Waals surface area contributed by atoms with E-state index in [-0.39, 0.29) is 22.9 Å². The number of hydrogen-bond acceptors (Lipinski definition) is 6. The Morgan fingerprint density at radius 2 is 1.62 bits per heavy atom. The third-order valence-electron chi connectivity index (χ3n) is 4.63. The molecule has 0 unspecified atom stereocenters. The second kappa shape index (κ2) is 9.00. The highest BCUT2D eigenvalue weighted by Gasteiger charge is 2.19. The lowest BCUT2D eigenvalue weighted by Gasteiger charge is -2.11. The highest BCUT2D eigenvalue weighted by atomic mass is 16.6. The Bertz CT molecular complexity index is 1300. The molecule has 0 aliphatic rings. The number of aromatic nitrogens is 2. The summed E-state index contributed by atoms with van der Waals surface area (Å²) in [6.45, 7) is 0. The van der Waals surface area contributed by atoms with Crippen LogP contribution < -0.4 is 20.9 Å². The molecule has 3 aromatic carbocycles. The quantitative estimate of drug-likeness (QED) is 0.275. The minimum absolute atomic E-state index is 0.00992. The van der Waals surface area contributed by atoms with E-state index in [9.17, 15) is 14.4 Å². The van der Waals surface area contributed by atoms with Gasteiger partial charge in [-0.3, -0.25) is 20.4 Å². The summed E-state index contributed by atoms with van der Waals surface area (Å²) in [6, 6.07) is 20.5. The van der Waals surface area contributed by atoms with Crippen molar-refractivity contribution in [2.75, 3.05) is 12.5 Å². The zero-order chi connectivity index (χ0) is 22.5. The predicted octanol–water partition coefficient (Wildman–Crippen LogP) is 3.27. The number of anilines is 1. The van der Waals surface area contributed by atoms with Gasteiger partial charge < -0.3 is 15.0 Å². The predicted molar refractivity (Wildman–Crippen MR) is 119 cm³/mol. The van der Waals surface area contributed by atoms with Crippen molar-refractivity contribution < 1.29 is 19.1 Å². The van der Waals surface area contributed by atoms with Gasteiger partial charge in [-0.05, 0) is 36.4 Å². The van der Waals surface area contributed by atoms with Crippen LogP contribution >= 0.6 is 0 Å². The van der Waals surface area contributed by atoms with Gasteiger partial charge in [0.15, 0.2) is 5.78 Å². The van der Waals surface area contributed by atoms with E-state index in [0.717, 1.165) is 0 Å². The number of carbonyl (C=O) groups excluding carboxylic acids is 3. The maximum Gasteiger partial charge on any atom is 0.414 e. The van der Waals surface area contributed by atoms with Gasteiger partial charge in [0, 0.05) is 18.2 Å². The van der Waals surface area contributed by atoms with Gasteiger partial charge in [0.05, 0.1) is 22.3 Å². The second-order valence-electron chi connectivity index (χ2n) is 6.73. The maximum absolute atomic E-state index is 13.2. The summed E-state index contributed by atoms with van der Waals surface area (Å²) in [5.74, 6) is -0.776. The monoisotopic (exact) mass is 429 g/mol. The van der Waals surface area contributed by atoms with Crippen LogP contribution in [0.15, 0.2) is 72.8 Å². The third kappa shape index (κ3) is 4.41. The first-order valence-electron chi connectivity index (χ1n) is 9.69. The van der Waals surface area contributed by atoms with Crippen molar-refractivity contribution in [1.82, 2.24) is 20.7 Å². The zero-order valence-electron chi connectivity index (χ0n) is 17.0. The Morgan fingerprint density at radius 3 is 2.38 bits per heavy atom. The topological polar surface area (TPSA) is 125 Å². The van der Waals surface area contributed by atoms with Crippen molar-refractivity contribution in [2.45, 2.75) is 0 Å². The summed E-state index contributed by atoms with van der Waals surface area (Å²) in [4.78, 5) is 44.3. The zero-order valence-corrected chi connectivity index (χ0v) is 17.0. The first kappa shape index (κ1) is 20.6. The molecule has 4 rings (SSSR count). The van der Waals surface area contributed by atoms with Crippen LogP contribution in [0, 0.1) is 0 Å². The van der Waals surface area contributed by atoms with Crippen LogP contribution in [0.5, 0.6) is 6.01 Å².